The lowest BCUT2D eigenvalue weighted by molar-refractivity contribution is -0.131. The fourth-order valence-electron chi connectivity index (χ4n) is 0.986. The van der Waals surface area contributed by atoms with Gasteiger partial charge in [-0.3, -0.25) is 0 Å². The van der Waals surface area contributed by atoms with Crippen LogP contribution in [0.2, 0.25) is 0 Å². The van der Waals surface area contributed by atoms with E-state index in [4.69, 9.17) is 9.84 Å². The minimum Gasteiger partial charge on any atom is -0.478 e. The summed E-state index contributed by atoms with van der Waals surface area (Å²) in [5, 5.41) is 10.9. The molecule has 1 aromatic carbocycles. The van der Waals surface area contributed by atoms with E-state index in [2.05, 4.69) is 11.4 Å². The van der Waals surface area contributed by atoms with Crippen molar-refractivity contribution in [2.45, 2.75) is 0 Å². The molecule has 0 saturated carbocycles. The Bertz CT molecular complexity index is 411. The third-order valence-corrected chi connectivity index (χ3v) is 1.66. The lowest BCUT2D eigenvalue weighted by Crippen LogP contribution is -2.18. The number of alkyl carbamates (subject to hydrolysis) is 1. The molecule has 83 valence electrons. The van der Waals surface area contributed by atoms with Crippen LogP contribution in [0.5, 0.6) is 0 Å². The van der Waals surface area contributed by atoms with Gasteiger partial charge in [0.05, 0.1) is 6.08 Å². The zero-order valence-corrected chi connectivity index (χ0v) is 8.56. The first kappa shape index (κ1) is 11.8. The molecule has 0 aliphatic heterocycles. The Morgan fingerprint density at radius 3 is 2.56 bits per heavy atom. The fourth-order valence-corrected chi connectivity index (χ4v) is 0.986. The SMILES string of the molecule is CNC(=O)OC(=CC(=O)O)c1cc[c]cc1. The molecular weight excluding hydrogens is 210 g/mol. The zero-order valence-electron chi connectivity index (χ0n) is 8.56. The van der Waals surface area contributed by atoms with Gasteiger partial charge in [-0.15, -0.1) is 0 Å². The number of aliphatic carboxylic acids is 1. The fraction of sp³-hybridized carbons (Fsp3) is 0.0909. The van der Waals surface area contributed by atoms with Gasteiger partial charge in [-0.05, 0) is 6.07 Å². The van der Waals surface area contributed by atoms with Crippen LogP contribution in [-0.2, 0) is 9.53 Å². The van der Waals surface area contributed by atoms with E-state index in [1.165, 1.54) is 7.05 Å². The van der Waals surface area contributed by atoms with Gasteiger partial charge in [-0.25, -0.2) is 9.59 Å². The predicted molar refractivity (Wildman–Crippen MR) is 56.4 cm³/mol. The minimum atomic E-state index is -1.19. The van der Waals surface area contributed by atoms with E-state index in [-0.39, 0.29) is 5.76 Å². The quantitative estimate of drug-likeness (QED) is 0.594. The zero-order chi connectivity index (χ0) is 12.0. The highest BCUT2D eigenvalue weighted by atomic mass is 16.6. The molecule has 5 nitrogen and oxygen atoms in total. The van der Waals surface area contributed by atoms with E-state index in [1.807, 2.05) is 0 Å². The standard InChI is InChI=1S/C11H10NO4/c1-12-11(15)16-9(7-10(13)14)8-5-3-2-4-6-8/h3-7H,1H3,(H,12,15)(H,13,14). The molecule has 0 bridgehead atoms. The molecule has 0 atom stereocenters. The molecule has 0 spiro atoms. The molecule has 16 heavy (non-hydrogen) atoms. The van der Waals surface area contributed by atoms with Gasteiger partial charge in [0.25, 0.3) is 0 Å². The second-order valence-corrected chi connectivity index (χ2v) is 2.78. The number of benzene rings is 1. The molecule has 0 aliphatic rings. The molecule has 0 fully saturated rings. The van der Waals surface area contributed by atoms with E-state index in [9.17, 15) is 9.59 Å². The van der Waals surface area contributed by atoms with Crippen molar-refractivity contribution in [2.24, 2.45) is 0 Å². The van der Waals surface area contributed by atoms with Gasteiger partial charge in [0.1, 0.15) is 5.76 Å². The number of ether oxygens (including phenoxy) is 1. The number of rotatable bonds is 3. The first-order valence-electron chi connectivity index (χ1n) is 4.44. The predicted octanol–water partition coefficient (Wildman–Crippen LogP) is 1.27. The molecule has 2 N–H and O–H groups in total. The highest BCUT2D eigenvalue weighted by Crippen LogP contribution is 2.15. The van der Waals surface area contributed by atoms with Crippen LogP contribution in [0.3, 0.4) is 0 Å². The van der Waals surface area contributed by atoms with Crippen molar-refractivity contribution in [1.29, 1.82) is 0 Å². The van der Waals surface area contributed by atoms with E-state index in [0.717, 1.165) is 6.08 Å². The van der Waals surface area contributed by atoms with Gasteiger partial charge < -0.3 is 15.2 Å². The number of carboxylic acid groups (broad SMARTS) is 1. The summed E-state index contributed by atoms with van der Waals surface area (Å²) in [6.45, 7) is 0. The van der Waals surface area contributed by atoms with Gasteiger partial charge in [-0.1, -0.05) is 24.3 Å². The highest BCUT2D eigenvalue weighted by molar-refractivity contribution is 5.90. The van der Waals surface area contributed by atoms with Crippen LogP contribution in [-0.4, -0.2) is 24.2 Å². The first-order valence-corrected chi connectivity index (χ1v) is 4.44. The molecule has 0 saturated heterocycles. The topological polar surface area (TPSA) is 75.6 Å². The molecule has 1 rings (SSSR count). The summed E-state index contributed by atoms with van der Waals surface area (Å²) in [5.74, 6) is -1.22. The second kappa shape index (κ2) is 5.55. The van der Waals surface area contributed by atoms with Crippen LogP contribution < -0.4 is 5.32 Å². The Morgan fingerprint density at radius 1 is 1.44 bits per heavy atom. The Hall–Kier alpha value is -2.30. The number of nitrogens with one attached hydrogen (secondary N) is 1. The Labute approximate surface area is 92.3 Å². The van der Waals surface area contributed by atoms with Gasteiger partial charge in [0, 0.05) is 12.6 Å². The summed E-state index contributed by atoms with van der Waals surface area (Å²) in [6, 6.07) is 9.16. The Kier molecular flexibility index (Phi) is 4.08. The van der Waals surface area contributed by atoms with E-state index in [1.54, 1.807) is 24.3 Å². The number of carbonyl (C=O) groups excluding carboxylic acids is 1. The number of hydrogen-bond acceptors (Lipinski definition) is 3. The molecule has 1 radical (unpaired) electrons. The van der Waals surface area contributed by atoms with E-state index in [0.29, 0.717) is 5.56 Å². The molecule has 0 aromatic heterocycles. The van der Waals surface area contributed by atoms with Crippen LogP contribution in [0.15, 0.2) is 30.3 Å². The van der Waals surface area contributed by atoms with Crippen molar-refractivity contribution >= 4 is 17.8 Å². The molecule has 0 heterocycles. The van der Waals surface area contributed by atoms with Crippen molar-refractivity contribution in [3.63, 3.8) is 0 Å². The van der Waals surface area contributed by atoms with Crippen LogP contribution >= 0.6 is 0 Å². The third kappa shape index (κ3) is 3.45. The van der Waals surface area contributed by atoms with E-state index < -0.39 is 12.1 Å². The van der Waals surface area contributed by atoms with Crippen LogP contribution in [0.1, 0.15) is 5.56 Å². The number of carboxylic acids is 1. The molecule has 0 unspecified atom stereocenters. The summed E-state index contributed by atoms with van der Waals surface area (Å²) in [7, 11) is 1.39. The summed E-state index contributed by atoms with van der Waals surface area (Å²) in [5.41, 5.74) is 0.491. The minimum absolute atomic E-state index is 0.0270. The number of carbonyl (C=O) groups is 2. The average Bonchev–Trinajstić information content (AvgIpc) is 2.28. The summed E-state index contributed by atoms with van der Waals surface area (Å²) >= 11 is 0. The molecule has 0 aliphatic carbocycles. The monoisotopic (exact) mass is 220 g/mol. The van der Waals surface area contributed by atoms with Gasteiger partial charge in [0.15, 0.2) is 0 Å². The van der Waals surface area contributed by atoms with Crippen molar-refractivity contribution in [1.82, 2.24) is 5.32 Å². The first-order chi connectivity index (χ1) is 7.63. The number of hydrogen-bond donors (Lipinski definition) is 2. The Morgan fingerprint density at radius 2 is 2.06 bits per heavy atom. The van der Waals surface area contributed by atoms with E-state index >= 15 is 0 Å². The molecule has 1 amide bonds. The van der Waals surface area contributed by atoms with Crippen molar-refractivity contribution in [3.8, 4) is 0 Å². The molecular formula is C11H10NO4. The van der Waals surface area contributed by atoms with Crippen LogP contribution in [0.4, 0.5) is 4.79 Å². The maximum Gasteiger partial charge on any atom is 0.412 e. The van der Waals surface area contributed by atoms with Gasteiger partial charge in [0.2, 0.25) is 0 Å². The lowest BCUT2D eigenvalue weighted by Gasteiger charge is -2.07. The van der Waals surface area contributed by atoms with Crippen molar-refractivity contribution < 1.29 is 19.4 Å². The Balaban J connectivity index is 2.98. The highest BCUT2D eigenvalue weighted by Gasteiger charge is 2.09. The lowest BCUT2D eigenvalue weighted by atomic mass is 10.2. The average molecular weight is 220 g/mol. The molecule has 5 heteroatoms. The van der Waals surface area contributed by atoms with Gasteiger partial charge in [-0.2, -0.15) is 0 Å². The maximum atomic E-state index is 11.0. The third-order valence-electron chi connectivity index (χ3n) is 1.66. The summed E-state index contributed by atoms with van der Waals surface area (Å²) < 4.78 is 4.81. The second-order valence-electron chi connectivity index (χ2n) is 2.78. The largest absolute Gasteiger partial charge is 0.478 e. The van der Waals surface area contributed by atoms with Crippen molar-refractivity contribution in [3.05, 3.63) is 42.0 Å². The number of amides is 1. The summed E-state index contributed by atoms with van der Waals surface area (Å²) in [6.07, 6.45) is 0.102. The normalized spacial score (nSPS) is 10.7. The van der Waals surface area contributed by atoms with Crippen LogP contribution in [0, 0.1) is 6.07 Å². The molecule has 1 aromatic rings. The van der Waals surface area contributed by atoms with Crippen LogP contribution in [0.25, 0.3) is 5.76 Å². The smallest absolute Gasteiger partial charge is 0.412 e. The van der Waals surface area contributed by atoms with Gasteiger partial charge >= 0.3 is 12.1 Å². The van der Waals surface area contributed by atoms with Crippen molar-refractivity contribution in [2.75, 3.05) is 7.05 Å². The summed E-state index contributed by atoms with van der Waals surface area (Å²) in [4.78, 5) is 21.6. The maximum absolute atomic E-state index is 11.0.